The Balaban J connectivity index is 1.87. The first-order valence-electron chi connectivity index (χ1n) is 8.43. The third kappa shape index (κ3) is 5.24. The molecule has 0 aliphatic heterocycles. The van der Waals surface area contributed by atoms with Gasteiger partial charge in [-0.15, -0.1) is 0 Å². The number of benzene rings is 2. The number of anilines is 2. The smallest absolute Gasteiger partial charge is 0.337 e. The molecule has 3 aromatic rings. The van der Waals surface area contributed by atoms with E-state index in [-0.39, 0.29) is 16.8 Å². The Hall–Kier alpha value is -3.10. The van der Waals surface area contributed by atoms with Crippen molar-refractivity contribution >= 4 is 46.8 Å². The van der Waals surface area contributed by atoms with E-state index in [2.05, 4.69) is 15.3 Å². The van der Waals surface area contributed by atoms with Crippen LogP contribution in [-0.4, -0.2) is 32.1 Å². The van der Waals surface area contributed by atoms with Gasteiger partial charge in [0.2, 0.25) is 0 Å². The maximum Gasteiger partial charge on any atom is 0.337 e. The van der Waals surface area contributed by atoms with E-state index < -0.39 is 11.9 Å². The lowest BCUT2D eigenvalue weighted by atomic mass is 10.1. The van der Waals surface area contributed by atoms with Crippen LogP contribution in [-0.2, 0) is 5.75 Å². The van der Waals surface area contributed by atoms with Crippen molar-refractivity contribution in [1.29, 1.82) is 0 Å². The highest BCUT2D eigenvalue weighted by Gasteiger charge is 2.15. The number of carboxylic acid groups (broad SMARTS) is 2. The van der Waals surface area contributed by atoms with Gasteiger partial charge >= 0.3 is 11.9 Å². The molecule has 0 atom stereocenters. The largest absolute Gasteiger partial charge is 0.478 e. The Kier molecular flexibility index (Phi) is 6.36. The molecule has 0 saturated heterocycles. The van der Waals surface area contributed by atoms with Gasteiger partial charge in [0, 0.05) is 22.5 Å². The molecule has 0 fully saturated rings. The van der Waals surface area contributed by atoms with Crippen LogP contribution in [0.3, 0.4) is 0 Å². The number of nitrogens with zero attached hydrogens (tertiary/aromatic N) is 2. The Morgan fingerprint density at radius 2 is 1.83 bits per heavy atom. The molecule has 0 aliphatic rings. The molecular formula is C20H16ClN3O4S. The summed E-state index contributed by atoms with van der Waals surface area (Å²) in [6, 6.07) is 12.9. The molecule has 0 amide bonds. The number of hydrogen-bond acceptors (Lipinski definition) is 6. The molecule has 29 heavy (non-hydrogen) atoms. The minimum Gasteiger partial charge on any atom is -0.478 e. The molecule has 7 nitrogen and oxygen atoms in total. The van der Waals surface area contributed by atoms with Crippen LogP contribution in [0, 0.1) is 6.92 Å². The van der Waals surface area contributed by atoms with Crippen molar-refractivity contribution in [3.8, 4) is 0 Å². The Labute approximate surface area is 175 Å². The van der Waals surface area contributed by atoms with Crippen molar-refractivity contribution in [3.05, 3.63) is 75.9 Å². The predicted molar refractivity (Wildman–Crippen MR) is 111 cm³/mol. The molecule has 1 heterocycles. The van der Waals surface area contributed by atoms with E-state index in [0.29, 0.717) is 27.4 Å². The summed E-state index contributed by atoms with van der Waals surface area (Å²) in [6.45, 7) is 1.79. The molecule has 0 saturated carbocycles. The molecule has 9 heteroatoms. The van der Waals surface area contributed by atoms with Crippen LogP contribution >= 0.6 is 23.4 Å². The van der Waals surface area contributed by atoms with E-state index in [4.69, 9.17) is 11.6 Å². The second-order valence-corrected chi connectivity index (χ2v) is 7.40. The van der Waals surface area contributed by atoms with Crippen LogP contribution in [0.4, 0.5) is 11.5 Å². The van der Waals surface area contributed by atoms with Crippen LogP contribution < -0.4 is 5.32 Å². The summed E-state index contributed by atoms with van der Waals surface area (Å²) in [7, 11) is 0. The van der Waals surface area contributed by atoms with E-state index >= 15 is 0 Å². The summed E-state index contributed by atoms with van der Waals surface area (Å²) in [5.74, 6) is -1.40. The fourth-order valence-corrected chi connectivity index (χ4v) is 3.72. The normalized spacial score (nSPS) is 10.6. The fourth-order valence-electron chi connectivity index (χ4n) is 2.53. The van der Waals surface area contributed by atoms with Gasteiger partial charge in [-0.3, -0.25) is 0 Å². The van der Waals surface area contributed by atoms with Crippen molar-refractivity contribution in [1.82, 2.24) is 9.97 Å². The first kappa shape index (κ1) is 20.6. The second kappa shape index (κ2) is 8.93. The third-order valence-electron chi connectivity index (χ3n) is 3.91. The first-order chi connectivity index (χ1) is 13.8. The Bertz CT molecular complexity index is 1090. The summed E-state index contributed by atoms with van der Waals surface area (Å²) in [5.41, 5.74) is 1.67. The third-order valence-corrected chi connectivity index (χ3v) is 5.17. The van der Waals surface area contributed by atoms with Crippen molar-refractivity contribution in [2.75, 3.05) is 5.32 Å². The summed E-state index contributed by atoms with van der Waals surface area (Å²) in [6.07, 6.45) is 0. The van der Waals surface area contributed by atoms with Crippen LogP contribution in [0.5, 0.6) is 0 Å². The average molecular weight is 430 g/mol. The molecule has 148 valence electrons. The number of halogens is 1. The fraction of sp³-hybridized carbons (Fsp3) is 0.100. The van der Waals surface area contributed by atoms with E-state index in [9.17, 15) is 19.8 Å². The SMILES string of the molecule is Cc1cc(Nc2cc(C(=O)O)ccc2C(=O)O)nc(SCc2ccccc2Cl)n1. The van der Waals surface area contributed by atoms with Crippen LogP contribution in [0.25, 0.3) is 0 Å². The highest BCUT2D eigenvalue weighted by molar-refractivity contribution is 7.98. The van der Waals surface area contributed by atoms with Gasteiger partial charge in [0.05, 0.1) is 16.8 Å². The topological polar surface area (TPSA) is 112 Å². The first-order valence-corrected chi connectivity index (χ1v) is 9.79. The van der Waals surface area contributed by atoms with Gasteiger partial charge in [0.25, 0.3) is 0 Å². The number of carbonyl (C=O) groups is 2. The maximum absolute atomic E-state index is 11.5. The number of nitrogens with one attached hydrogen (secondary N) is 1. The number of thioether (sulfide) groups is 1. The van der Waals surface area contributed by atoms with Gasteiger partial charge in [-0.1, -0.05) is 41.6 Å². The van der Waals surface area contributed by atoms with Gasteiger partial charge in [0.1, 0.15) is 5.82 Å². The summed E-state index contributed by atoms with van der Waals surface area (Å²) < 4.78 is 0. The summed E-state index contributed by atoms with van der Waals surface area (Å²) in [5, 5.41) is 22.6. The van der Waals surface area contributed by atoms with Crippen molar-refractivity contribution in [2.45, 2.75) is 17.8 Å². The second-order valence-electron chi connectivity index (χ2n) is 6.05. The van der Waals surface area contributed by atoms with Gasteiger partial charge in [-0.05, 0) is 36.8 Å². The van der Waals surface area contributed by atoms with Crippen LogP contribution in [0.15, 0.2) is 53.7 Å². The maximum atomic E-state index is 11.5. The van der Waals surface area contributed by atoms with Crippen LogP contribution in [0.2, 0.25) is 5.02 Å². The van der Waals surface area contributed by atoms with Crippen molar-refractivity contribution in [2.24, 2.45) is 0 Å². The molecule has 0 unspecified atom stereocenters. The molecule has 1 aromatic heterocycles. The molecule has 0 bridgehead atoms. The number of aromatic carboxylic acids is 2. The number of aromatic nitrogens is 2. The standard InChI is InChI=1S/C20H16ClN3O4S/c1-11-8-17(23-16-9-12(18(25)26)6-7-14(16)19(27)28)24-20(22-11)29-10-13-4-2-3-5-15(13)21/h2-9H,10H2,1H3,(H,25,26)(H,27,28)(H,22,23,24). The lowest BCUT2D eigenvalue weighted by Crippen LogP contribution is -2.07. The van der Waals surface area contributed by atoms with Gasteiger partial charge < -0.3 is 15.5 Å². The van der Waals surface area contributed by atoms with Gasteiger partial charge in [0.15, 0.2) is 5.16 Å². The molecule has 0 radical (unpaired) electrons. The van der Waals surface area contributed by atoms with Crippen molar-refractivity contribution in [3.63, 3.8) is 0 Å². The number of aryl methyl sites for hydroxylation is 1. The lowest BCUT2D eigenvalue weighted by Gasteiger charge is -2.12. The minimum absolute atomic E-state index is 0.0309. The average Bonchev–Trinajstić information content (AvgIpc) is 2.66. The zero-order valence-corrected chi connectivity index (χ0v) is 16.8. The van der Waals surface area contributed by atoms with Crippen molar-refractivity contribution < 1.29 is 19.8 Å². The highest BCUT2D eigenvalue weighted by Crippen LogP contribution is 2.27. The van der Waals surface area contributed by atoms with E-state index in [1.807, 2.05) is 24.3 Å². The zero-order chi connectivity index (χ0) is 21.0. The van der Waals surface area contributed by atoms with Gasteiger partial charge in [-0.2, -0.15) is 0 Å². The van der Waals surface area contributed by atoms with Crippen LogP contribution in [0.1, 0.15) is 32.0 Å². The number of hydrogen-bond donors (Lipinski definition) is 3. The molecule has 0 spiro atoms. The van der Waals surface area contributed by atoms with Gasteiger partial charge in [-0.25, -0.2) is 19.6 Å². The monoisotopic (exact) mass is 429 g/mol. The summed E-state index contributed by atoms with van der Waals surface area (Å²) >= 11 is 7.57. The summed E-state index contributed by atoms with van der Waals surface area (Å²) in [4.78, 5) is 31.5. The molecule has 3 rings (SSSR count). The molecule has 3 N–H and O–H groups in total. The van der Waals surface area contributed by atoms with E-state index in [0.717, 1.165) is 5.56 Å². The minimum atomic E-state index is -1.18. The molecule has 0 aliphatic carbocycles. The predicted octanol–water partition coefficient (Wildman–Crippen LogP) is 4.87. The lowest BCUT2D eigenvalue weighted by molar-refractivity contribution is 0.0682. The quantitative estimate of drug-likeness (QED) is 0.360. The highest BCUT2D eigenvalue weighted by atomic mass is 35.5. The molecular weight excluding hydrogens is 414 g/mol. The number of carboxylic acids is 2. The molecule has 2 aromatic carbocycles. The zero-order valence-electron chi connectivity index (χ0n) is 15.2. The Morgan fingerprint density at radius 3 is 2.52 bits per heavy atom. The number of rotatable bonds is 7. The van der Waals surface area contributed by atoms with E-state index in [1.54, 1.807) is 13.0 Å². The Morgan fingerprint density at radius 1 is 1.07 bits per heavy atom. The van der Waals surface area contributed by atoms with E-state index in [1.165, 1.54) is 30.0 Å².